The Morgan fingerprint density at radius 1 is 1.29 bits per heavy atom. The Bertz CT molecular complexity index is 546. The molecular formula is C18H26O3. The molecule has 1 aliphatic rings. The van der Waals surface area contributed by atoms with Gasteiger partial charge in [0.05, 0.1) is 13.0 Å². The van der Waals surface area contributed by atoms with Crippen molar-refractivity contribution in [1.29, 1.82) is 0 Å². The average Bonchev–Trinajstić information content (AvgIpc) is 2.39. The molecule has 1 saturated carbocycles. The highest BCUT2D eigenvalue weighted by atomic mass is 16.5. The minimum atomic E-state index is -0.664. The third-order valence-corrected chi connectivity index (χ3v) is 4.89. The Morgan fingerprint density at radius 3 is 2.52 bits per heavy atom. The molecule has 3 nitrogen and oxygen atoms in total. The maximum absolute atomic E-state index is 11.6. The van der Waals surface area contributed by atoms with Crippen molar-refractivity contribution < 1.29 is 14.6 Å². The number of carbonyl (C=O) groups is 1. The van der Waals surface area contributed by atoms with Crippen molar-refractivity contribution in [2.45, 2.75) is 52.9 Å². The van der Waals surface area contributed by atoms with Crippen LogP contribution in [-0.4, -0.2) is 18.2 Å². The zero-order chi connectivity index (χ0) is 15.8. The third-order valence-electron chi connectivity index (χ3n) is 4.89. The maximum atomic E-state index is 11.6. The number of aryl methyl sites for hydroxylation is 2. The summed E-state index contributed by atoms with van der Waals surface area (Å²) in [6, 6.07) is 4.15. The number of benzene rings is 1. The highest BCUT2D eigenvalue weighted by Crippen LogP contribution is 2.48. The van der Waals surface area contributed by atoms with Crippen molar-refractivity contribution in [3.8, 4) is 5.75 Å². The molecule has 0 amide bonds. The molecule has 3 heteroatoms. The lowest BCUT2D eigenvalue weighted by molar-refractivity contribution is -0.144. The van der Waals surface area contributed by atoms with Crippen LogP contribution in [0.4, 0.5) is 0 Å². The zero-order valence-electron chi connectivity index (χ0n) is 13.7. The van der Waals surface area contributed by atoms with Crippen LogP contribution >= 0.6 is 0 Å². The summed E-state index contributed by atoms with van der Waals surface area (Å²) in [6.07, 6.45) is 2.67. The van der Waals surface area contributed by atoms with Gasteiger partial charge in [-0.25, -0.2) is 0 Å². The summed E-state index contributed by atoms with van der Waals surface area (Å²) in [4.78, 5) is 11.6. The van der Waals surface area contributed by atoms with Gasteiger partial charge in [0.1, 0.15) is 5.75 Å². The SMILES string of the molecule is COc1cc(C)c(C2CC(C)(C)CCC2C(=O)O)cc1C. The molecule has 0 bridgehead atoms. The fraction of sp³-hybridized carbons (Fsp3) is 0.611. The van der Waals surface area contributed by atoms with Gasteiger partial charge in [0, 0.05) is 0 Å². The van der Waals surface area contributed by atoms with E-state index in [0.29, 0.717) is 0 Å². The van der Waals surface area contributed by atoms with Crippen LogP contribution in [0.5, 0.6) is 5.75 Å². The topological polar surface area (TPSA) is 46.5 Å². The number of rotatable bonds is 3. The van der Waals surface area contributed by atoms with E-state index in [-0.39, 0.29) is 17.3 Å². The Balaban J connectivity index is 2.45. The quantitative estimate of drug-likeness (QED) is 0.902. The number of aliphatic carboxylic acids is 1. The lowest BCUT2D eigenvalue weighted by atomic mass is 9.64. The van der Waals surface area contributed by atoms with Crippen molar-refractivity contribution in [2.75, 3.05) is 7.11 Å². The molecule has 2 rings (SSSR count). The van der Waals surface area contributed by atoms with Crippen LogP contribution in [0, 0.1) is 25.2 Å². The van der Waals surface area contributed by atoms with Crippen molar-refractivity contribution in [3.05, 3.63) is 28.8 Å². The first-order chi connectivity index (χ1) is 9.75. The van der Waals surface area contributed by atoms with E-state index in [1.807, 2.05) is 13.0 Å². The molecule has 1 aromatic rings. The molecule has 1 N–H and O–H groups in total. The van der Waals surface area contributed by atoms with E-state index in [0.717, 1.165) is 36.1 Å². The second-order valence-electron chi connectivity index (χ2n) is 7.14. The van der Waals surface area contributed by atoms with Gasteiger partial charge in [-0.05, 0) is 67.2 Å². The molecule has 1 fully saturated rings. The summed E-state index contributed by atoms with van der Waals surface area (Å²) in [5, 5.41) is 9.58. The normalized spacial score (nSPS) is 24.6. The number of carboxylic acids is 1. The highest BCUT2D eigenvalue weighted by molar-refractivity contribution is 5.72. The molecule has 116 valence electrons. The lowest BCUT2D eigenvalue weighted by Gasteiger charge is -2.40. The van der Waals surface area contributed by atoms with Crippen molar-refractivity contribution in [3.63, 3.8) is 0 Å². The lowest BCUT2D eigenvalue weighted by Crippen LogP contribution is -2.33. The summed E-state index contributed by atoms with van der Waals surface area (Å²) in [5.41, 5.74) is 3.59. The Kier molecular flexibility index (Phi) is 4.31. The van der Waals surface area contributed by atoms with Crippen LogP contribution < -0.4 is 4.74 Å². The van der Waals surface area contributed by atoms with Gasteiger partial charge in [-0.15, -0.1) is 0 Å². The standard InChI is InChI=1S/C18H26O3/c1-11-9-16(21-5)12(2)8-14(11)15-10-18(3,4)7-6-13(15)17(19)20/h8-9,13,15H,6-7,10H2,1-5H3,(H,19,20). The van der Waals surface area contributed by atoms with E-state index in [1.54, 1.807) is 7.11 Å². The molecule has 0 aliphatic heterocycles. The van der Waals surface area contributed by atoms with Gasteiger partial charge >= 0.3 is 5.97 Å². The summed E-state index contributed by atoms with van der Waals surface area (Å²) in [6.45, 7) is 8.55. The summed E-state index contributed by atoms with van der Waals surface area (Å²) in [7, 11) is 1.67. The second-order valence-corrected chi connectivity index (χ2v) is 7.14. The second kappa shape index (κ2) is 5.70. The minimum Gasteiger partial charge on any atom is -0.496 e. The van der Waals surface area contributed by atoms with E-state index < -0.39 is 5.97 Å². The van der Waals surface area contributed by atoms with Gasteiger partial charge in [0.25, 0.3) is 0 Å². The van der Waals surface area contributed by atoms with Crippen LogP contribution in [0.1, 0.15) is 55.7 Å². The molecule has 1 aromatic carbocycles. The first-order valence-corrected chi connectivity index (χ1v) is 7.63. The van der Waals surface area contributed by atoms with Crippen molar-refractivity contribution >= 4 is 5.97 Å². The van der Waals surface area contributed by atoms with Gasteiger partial charge in [-0.2, -0.15) is 0 Å². The number of methoxy groups -OCH3 is 1. The molecule has 0 radical (unpaired) electrons. The van der Waals surface area contributed by atoms with Gasteiger partial charge in [-0.1, -0.05) is 19.9 Å². The molecule has 0 spiro atoms. The molecule has 0 saturated heterocycles. The predicted molar refractivity (Wildman–Crippen MR) is 84.0 cm³/mol. The largest absolute Gasteiger partial charge is 0.496 e. The van der Waals surface area contributed by atoms with E-state index in [9.17, 15) is 9.90 Å². The van der Waals surface area contributed by atoms with Gasteiger partial charge < -0.3 is 9.84 Å². The number of hydrogen-bond donors (Lipinski definition) is 1. The van der Waals surface area contributed by atoms with Gasteiger partial charge in [0.15, 0.2) is 0 Å². The monoisotopic (exact) mass is 290 g/mol. The van der Waals surface area contributed by atoms with E-state index in [4.69, 9.17) is 4.74 Å². The van der Waals surface area contributed by atoms with Crippen LogP contribution in [0.15, 0.2) is 12.1 Å². The number of carboxylic acid groups (broad SMARTS) is 1. The molecule has 2 unspecified atom stereocenters. The molecule has 0 aromatic heterocycles. The first-order valence-electron chi connectivity index (χ1n) is 7.63. The fourth-order valence-corrected chi connectivity index (χ4v) is 3.64. The van der Waals surface area contributed by atoms with Crippen LogP contribution in [-0.2, 0) is 4.79 Å². The summed E-state index contributed by atoms with van der Waals surface area (Å²) >= 11 is 0. The van der Waals surface area contributed by atoms with E-state index >= 15 is 0 Å². The Labute approximate surface area is 127 Å². The fourth-order valence-electron chi connectivity index (χ4n) is 3.64. The Hall–Kier alpha value is -1.51. The maximum Gasteiger partial charge on any atom is 0.307 e. The molecule has 1 aliphatic carbocycles. The van der Waals surface area contributed by atoms with Gasteiger partial charge in [-0.3, -0.25) is 4.79 Å². The number of ether oxygens (including phenoxy) is 1. The van der Waals surface area contributed by atoms with E-state index in [1.165, 1.54) is 5.56 Å². The third kappa shape index (κ3) is 3.22. The van der Waals surface area contributed by atoms with Crippen LogP contribution in [0.2, 0.25) is 0 Å². The molecule has 2 atom stereocenters. The summed E-state index contributed by atoms with van der Waals surface area (Å²) in [5.74, 6) is 0.0296. The smallest absolute Gasteiger partial charge is 0.307 e. The van der Waals surface area contributed by atoms with Crippen LogP contribution in [0.3, 0.4) is 0 Å². The molecule has 0 heterocycles. The predicted octanol–water partition coefficient (Wildman–Crippen LogP) is 4.31. The van der Waals surface area contributed by atoms with Crippen LogP contribution in [0.25, 0.3) is 0 Å². The molecular weight excluding hydrogens is 264 g/mol. The Morgan fingerprint density at radius 2 is 1.95 bits per heavy atom. The van der Waals surface area contributed by atoms with Crippen molar-refractivity contribution in [2.24, 2.45) is 11.3 Å². The van der Waals surface area contributed by atoms with E-state index in [2.05, 4.69) is 26.8 Å². The van der Waals surface area contributed by atoms with Crippen molar-refractivity contribution in [1.82, 2.24) is 0 Å². The highest BCUT2D eigenvalue weighted by Gasteiger charge is 2.39. The van der Waals surface area contributed by atoms with Gasteiger partial charge in [0.2, 0.25) is 0 Å². The zero-order valence-corrected chi connectivity index (χ0v) is 13.7. The average molecular weight is 290 g/mol. The minimum absolute atomic E-state index is 0.0934. The molecule has 21 heavy (non-hydrogen) atoms. The summed E-state index contributed by atoms with van der Waals surface area (Å²) < 4.78 is 5.37. The number of hydrogen-bond acceptors (Lipinski definition) is 2. The first kappa shape index (κ1) is 15.9.